The van der Waals surface area contributed by atoms with E-state index < -0.39 is 17.8 Å². The molecule has 0 rings (SSSR count). The summed E-state index contributed by atoms with van der Waals surface area (Å²) < 4.78 is 5.09. The number of nitrogens with one attached hydrogen (secondary N) is 1. The molecule has 0 aromatic carbocycles. The predicted octanol–water partition coefficient (Wildman–Crippen LogP) is 1.84. The summed E-state index contributed by atoms with van der Waals surface area (Å²) in [6.07, 6.45) is 6.02. The average molecular weight is 239 g/mol. The number of hydrogen-bond acceptors (Lipinski definition) is 3. The van der Waals surface area contributed by atoms with E-state index in [1.807, 2.05) is 0 Å². The topological polar surface area (TPSA) is 58.6 Å². The van der Waals surface area contributed by atoms with Crippen molar-refractivity contribution >= 4 is 6.09 Å². The quantitative estimate of drug-likeness (QED) is 0.568. The molecule has 2 N–H and O–H groups in total. The molecular formula is C13H21NO3. The van der Waals surface area contributed by atoms with Crippen molar-refractivity contribution in [3.63, 3.8) is 0 Å². The van der Waals surface area contributed by atoms with E-state index in [0.29, 0.717) is 6.42 Å². The standard InChI is InChI=1S/C13H21NO3/c1-6-8-11(15)9-10(7-2)14-12(16)17-13(3,4)5/h1,7,10-11,15H,2,8-9H2,3-5H3,(H,14,16)/t10-,11+/m0/s1. The zero-order valence-electron chi connectivity index (χ0n) is 10.7. The van der Waals surface area contributed by atoms with Crippen LogP contribution in [0.4, 0.5) is 4.79 Å². The molecule has 0 spiro atoms. The first-order valence-corrected chi connectivity index (χ1v) is 5.52. The first kappa shape index (κ1) is 15.5. The molecule has 0 aromatic heterocycles. The highest BCUT2D eigenvalue weighted by atomic mass is 16.6. The largest absolute Gasteiger partial charge is 0.444 e. The van der Waals surface area contributed by atoms with Crippen LogP contribution in [0.3, 0.4) is 0 Å². The van der Waals surface area contributed by atoms with Crippen molar-refractivity contribution in [1.82, 2.24) is 5.32 Å². The van der Waals surface area contributed by atoms with Crippen LogP contribution in [-0.2, 0) is 4.74 Å². The van der Waals surface area contributed by atoms with E-state index in [1.165, 1.54) is 0 Å². The van der Waals surface area contributed by atoms with Gasteiger partial charge < -0.3 is 15.2 Å². The van der Waals surface area contributed by atoms with E-state index in [-0.39, 0.29) is 12.5 Å². The molecular weight excluding hydrogens is 218 g/mol. The van der Waals surface area contributed by atoms with Gasteiger partial charge in [-0.05, 0) is 27.2 Å². The lowest BCUT2D eigenvalue weighted by atomic mass is 10.1. The van der Waals surface area contributed by atoms with Crippen LogP contribution in [0.2, 0.25) is 0 Å². The number of alkyl carbamates (subject to hydrolysis) is 1. The zero-order valence-corrected chi connectivity index (χ0v) is 10.7. The molecule has 0 aliphatic carbocycles. The molecule has 1 amide bonds. The van der Waals surface area contributed by atoms with Gasteiger partial charge in [0.2, 0.25) is 0 Å². The lowest BCUT2D eigenvalue weighted by molar-refractivity contribution is 0.0500. The maximum Gasteiger partial charge on any atom is 0.408 e. The van der Waals surface area contributed by atoms with Gasteiger partial charge in [0, 0.05) is 6.42 Å². The van der Waals surface area contributed by atoms with Crippen LogP contribution in [0.5, 0.6) is 0 Å². The number of aliphatic hydroxyl groups excluding tert-OH is 1. The smallest absolute Gasteiger partial charge is 0.408 e. The van der Waals surface area contributed by atoms with Gasteiger partial charge in [-0.3, -0.25) is 0 Å². The fourth-order valence-electron chi connectivity index (χ4n) is 1.19. The molecule has 0 aliphatic rings. The van der Waals surface area contributed by atoms with Crippen molar-refractivity contribution in [2.75, 3.05) is 0 Å². The van der Waals surface area contributed by atoms with Crippen LogP contribution in [0, 0.1) is 12.3 Å². The third-order valence-corrected chi connectivity index (χ3v) is 1.87. The molecule has 0 aliphatic heterocycles. The highest BCUT2D eigenvalue weighted by Crippen LogP contribution is 2.08. The number of ether oxygens (including phenoxy) is 1. The van der Waals surface area contributed by atoms with E-state index in [9.17, 15) is 9.90 Å². The minimum atomic E-state index is -0.655. The Morgan fingerprint density at radius 1 is 1.65 bits per heavy atom. The molecule has 0 radical (unpaired) electrons. The number of aliphatic hydroxyl groups is 1. The van der Waals surface area contributed by atoms with Crippen molar-refractivity contribution in [1.29, 1.82) is 0 Å². The first-order valence-electron chi connectivity index (χ1n) is 5.52. The van der Waals surface area contributed by atoms with Crippen molar-refractivity contribution in [2.45, 2.75) is 51.4 Å². The van der Waals surface area contributed by atoms with Gasteiger partial charge in [0.05, 0.1) is 12.1 Å². The van der Waals surface area contributed by atoms with Gasteiger partial charge in [-0.2, -0.15) is 0 Å². The van der Waals surface area contributed by atoms with Gasteiger partial charge >= 0.3 is 6.09 Å². The van der Waals surface area contributed by atoms with E-state index >= 15 is 0 Å². The third-order valence-electron chi connectivity index (χ3n) is 1.87. The van der Waals surface area contributed by atoms with Crippen molar-refractivity contribution in [3.05, 3.63) is 12.7 Å². The van der Waals surface area contributed by atoms with Gasteiger partial charge in [0.15, 0.2) is 0 Å². The molecule has 0 saturated heterocycles. The molecule has 17 heavy (non-hydrogen) atoms. The Kier molecular flexibility index (Phi) is 6.37. The second-order valence-corrected chi connectivity index (χ2v) is 4.79. The molecule has 0 unspecified atom stereocenters. The molecule has 96 valence electrons. The summed E-state index contributed by atoms with van der Waals surface area (Å²) in [6, 6.07) is -0.354. The van der Waals surface area contributed by atoms with E-state index in [2.05, 4.69) is 17.8 Å². The second-order valence-electron chi connectivity index (χ2n) is 4.79. The van der Waals surface area contributed by atoms with Crippen LogP contribution in [0.1, 0.15) is 33.6 Å². The van der Waals surface area contributed by atoms with Crippen molar-refractivity contribution < 1.29 is 14.6 Å². The minimum absolute atomic E-state index is 0.250. The second kappa shape index (κ2) is 6.97. The van der Waals surface area contributed by atoms with Crippen LogP contribution < -0.4 is 5.32 Å². The summed E-state index contributed by atoms with van der Waals surface area (Å²) in [7, 11) is 0. The van der Waals surface area contributed by atoms with Crippen LogP contribution in [-0.4, -0.2) is 28.9 Å². The van der Waals surface area contributed by atoms with Crippen LogP contribution in [0.25, 0.3) is 0 Å². The molecule has 4 heteroatoms. The molecule has 2 atom stereocenters. The van der Waals surface area contributed by atoms with Crippen molar-refractivity contribution in [2.24, 2.45) is 0 Å². The lowest BCUT2D eigenvalue weighted by Gasteiger charge is -2.23. The fourth-order valence-corrected chi connectivity index (χ4v) is 1.19. The summed E-state index contributed by atoms with van der Waals surface area (Å²) in [5, 5.41) is 12.1. The molecule has 0 heterocycles. The molecule has 0 saturated carbocycles. The number of carbonyl (C=O) groups is 1. The van der Waals surface area contributed by atoms with Gasteiger partial charge in [-0.25, -0.2) is 4.79 Å². The summed E-state index contributed by atoms with van der Waals surface area (Å²) in [5.41, 5.74) is -0.548. The number of rotatable bonds is 5. The van der Waals surface area contributed by atoms with Gasteiger partial charge in [-0.15, -0.1) is 18.9 Å². The van der Waals surface area contributed by atoms with E-state index in [4.69, 9.17) is 11.2 Å². The molecule has 0 fully saturated rings. The maximum atomic E-state index is 11.5. The highest BCUT2D eigenvalue weighted by molar-refractivity contribution is 5.68. The average Bonchev–Trinajstić information content (AvgIpc) is 2.13. The highest BCUT2D eigenvalue weighted by Gasteiger charge is 2.19. The van der Waals surface area contributed by atoms with Crippen molar-refractivity contribution in [3.8, 4) is 12.3 Å². The van der Waals surface area contributed by atoms with Gasteiger partial charge in [0.1, 0.15) is 5.60 Å². The Morgan fingerprint density at radius 3 is 2.65 bits per heavy atom. The normalized spacial score (nSPS) is 14.3. The Bertz CT molecular complexity index is 299. The number of terminal acetylenes is 1. The Morgan fingerprint density at radius 2 is 2.24 bits per heavy atom. The fraction of sp³-hybridized carbons (Fsp3) is 0.615. The van der Waals surface area contributed by atoms with Crippen LogP contribution in [0.15, 0.2) is 12.7 Å². The monoisotopic (exact) mass is 239 g/mol. The van der Waals surface area contributed by atoms with Gasteiger partial charge in [0.25, 0.3) is 0 Å². The summed E-state index contributed by atoms with van der Waals surface area (Å²) >= 11 is 0. The number of carbonyl (C=O) groups excluding carboxylic acids is 1. The lowest BCUT2D eigenvalue weighted by Crippen LogP contribution is -2.39. The molecule has 0 bridgehead atoms. The van der Waals surface area contributed by atoms with E-state index in [0.717, 1.165) is 0 Å². The Balaban J connectivity index is 4.18. The van der Waals surface area contributed by atoms with Crippen LogP contribution >= 0.6 is 0 Å². The molecule has 0 aromatic rings. The third kappa shape index (κ3) is 8.35. The summed E-state index contributed by atoms with van der Waals surface area (Å²) in [5.74, 6) is 2.36. The predicted molar refractivity (Wildman–Crippen MR) is 67.4 cm³/mol. The summed E-state index contributed by atoms with van der Waals surface area (Å²) in [4.78, 5) is 11.5. The molecule has 4 nitrogen and oxygen atoms in total. The Labute approximate surface area is 103 Å². The number of amides is 1. The van der Waals surface area contributed by atoms with Gasteiger partial charge in [-0.1, -0.05) is 6.08 Å². The maximum absolute atomic E-state index is 11.5. The number of hydrogen-bond donors (Lipinski definition) is 2. The summed E-state index contributed by atoms with van der Waals surface area (Å²) in [6.45, 7) is 8.93. The first-order chi connectivity index (χ1) is 7.78. The minimum Gasteiger partial charge on any atom is -0.444 e. The SMILES string of the molecule is C#CC[C@@H](O)C[C@H](C=C)NC(=O)OC(C)(C)C. The Hall–Kier alpha value is -1.47. The zero-order chi connectivity index (χ0) is 13.5. The van der Waals surface area contributed by atoms with E-state index in [1.54, 1.807) is 26.8 Å².